The molecule has 1 heterocycles. The fourth-order valence-corrected chi connectivity index (χ4v) is 6.11. The van der Waals surface area contributed by atoms with Crippen LogP contribution in [-0.2, 0) is 16.1 Å². The number of aliphatic imine (C=N–C) groups is 1. The van der Waals surface area contributed by atoms with Gasteiger partial charge in [0.05, 0.1) is 27.9 Å². The summed E-state index contributed by atoms with van der Waals surface area (Å²) in [4.78, 5) is 17.8. The Balaban J connectivity index is 1.45. The molecule has 8 heteroatoms. The fourth-order valence-electron chi connectivity index (χ4n) is 4.29. The van der Waals surface area contributed by atoms with Crippen molar-refractivity contribution in [1.29, 1.82) is 0 Å². The molecule has 6 nitrogen and oxygen atoms in total. The second kappa shape index (κ2) is 12.6. The van der Waals surface area contributed by atoms with Crippen molar-refractivity contribution in [2.75, 3.05) is 13.7 Å². The minimum absolute atomic E-state index is 0.0543. The predicted molar refractivity (Wildman–Crippen MR) is 169 cm³/mol. The number of halogens is 1. The van der Waals surface area contributed by atoms with E-state index in [1.807, 2.05) is 60.7 Å². The molecule has 1 N–H and O–H groups in total. The van der Waals surface area contributed by atoms with Crippen molar-refractivity contribution in [3.8, 4) is 11.5 Å². The van der Waals surface area contributed by atoms with E-state index in [2.05, 4.69) is 51.8 Å². The molecule has 0 radical (unpaired) electrons. The molecule has 0 amide bonds. The number of carbonyl (C=O) groups is 1. The number of para-hydroxylation sites is 1. The Hall–Kier alpha value is -3.76. The van der Waals surface area contributed by atoms with E-state index in [4.69, 9.17) is 14.2 Å². The number of thioether (sulfide) groups is 1. The number of methoxy groups -OCH3 is 1. The zero-order valence-electron chi connectivity index (χ0n) is 21.9. The molecule has 0 saturated heterocycles. The maximum Gasteiger partial charge on any atom is 0.344 e. The molecular weight excluding hydrogens is 637 g/mol. The molecule has 0 bridgehead atoms. The van der Waals surface area contributed by atoms with Gasteiger partial charge in [0.1, 0.15) is 23.0 Å². The van der Waals surface area contributed by atoms with Gasteiger partial charge in [-0.05, 0) is 81.8 Å². The number of rotatable bonds is 8. The number of nitrogens with zero attached hydrogens (tertiary/aromatic N) is 1. The lowest BCUT2D eigenvalue weighted by Gasteiger charge is -2.15. The molecule has 0 unspecified atom stereocenters. The summed E-state index contributed by atoms with van der Waals surface area (Å²) in [5.74, 6) is 0.420. The van der Waals surface area contributed by atoms with Crippen molar-refractivity contribution < 1.29 is 24.1 Å². The summed E-state index contributed by atoms with van der Waals surface area (Å²) < 4.78 is 18.0. The Morgan fingerprint density at radius 1 is 1.02 bits per heavy atom. The lowest BCUT2D eigenvalue weighted by atomic mass is 10.1. The second-order valence-corrected chi connectivity index (χ2v) is 11.0. The van der Waals surface area contributed by atoms with Crippen LogP contribution in [0.1, 0.15) is 18.1 Å². The molecule has 4 aromatic carbocycles. The molecule has 4 aromatic rings. The van der Waals surface area contributed by atoms with E-state index in [-0.39, 0.29) is 17.9 Å². The Bertz CT molecular complexity index is 1660. The first kappa shape index (κ1) is 27.8. The van der Waals surface area contributed by atoms with Crippen LogP contribution < -0.4 is 9.47 Å². The van der Waals surface area contributed by atoms with Gasteiger partial charge in [-0.25, -0.2) is 9.79 Å². The summed E-state index contributed by atoms with van der Waals surface area (Å²) in [6.07, 6.45) is 1.80. The lowest BCUT2D eigenvalue weighted by molar-refractivity contribution is -0.138. The van der Waals surface area contributed by atoms with Crippen LogP contribution in [0.25, 0.3) is 16.8 Å². The SMILES string of the molecule is CCOC(=O)C1=C(O)/C(=C/c2cc(I)c(OCc3cccc4ccccc34)c(OC)c2)SC1=Nc1ccccc1. The third-order valence-corrected chi connectivity index (χ3v) is 7.98. The summed E-state index contributed by atoms with van der Waals surface area (Å²) in [5, 5.41) is 13.7. The second-order valence-electron chi connectivity index (χ2n) is 8.77. The van der Waals surface area contributed by atoms with Crippen LogP contribution in [0, 0.1) is 3.57 Å². The molecule has 0 aliphatic carbocycles. The highest BCUT2D eigenvalue weighted by atomic mass is 127. The van der Waals surface area contributed by atoms with Crippen LogP contribution >= 0.6 is 34.4 Å². The number of hydrogen-bond acceptors (Lipinski definition) is 7. The molecular formula is C32H26INO5S. The van der Waals surface area contributed by atoms with Crippen molar-refractivity contribution in [2.45, 2.75) is 13.5 Å². The number of esters is 1. The van der Waals surface area contributed by atoms with Crippen LogP contribution in [-0.4, -0.2) is 29.8 Å². The number of fused-ring (bicyclic) bond motifs is 1. The zero-order valence-corrected chi connectivity index (χ0v) is 24.9. The average molecular weight is 664 g/mol. The highest BCUT2D eigenvalue weighted by Crippen LogP contribution is 2.42. The van der Waals surface area contributed by atoms with E-state index >= 15 is 0 Å². The molecule has 0 aromatic heterocycles. The zero-order chi connectivity index (χ0) is 28.1. The molecule has 202 valence electrons. The van der Waals surface area contributed by atoms with Crippen LogP contribution in [0.3, 0.4) is 0 Å². The minimum atomic E-state index is -0.616. The van der Waals surface area contributed by atoms with Gasteiger partial charge >= 0.3 is 5.97 Å². The average Bonchev–Trinajstić information content (AvgIpc) is 3.26. The first-order valence-electron chi connectivity index (χ1n) is 12.6. The van der Waals surface area contributed by atoms with Crippen molar-refractivity contribution in [2.24, 2.45) is 4.99 Å². The Kier molecular flexibility index (Phi) is 8.76. The van der Waals surface area contributed by atoms with Gasteiger partial charge in [0.2, 0.25) is 0 Å². The number of carbonyl (C=O) groups excluding carboxylic acids is 1. The summed E-state index contributed by atoms with van der Waals surface area (Å²) >= 11 is 3.43. The van der Waals surface area contributed by atoms with Gasteiger partial charge in [0.15, 0.2) is 11.5 Å². The van der Waals surface area contributed by atoms with E-state index < -0.39 is 5.97 Å². The Morgan fingerprint density at radius 3 is 2.55 bits per heavy atom. The molecule has 0 atom stereocenters. The molecule has 40 heavy (non-hydrogen) atoms. The van der Waals surface area contributed by atoms with E-state index in [0.717, 1.165) is 25.5 Å². The van der Waals surface area contributed by atoms with Crippen molar-refractivity contribution in [3.05, 3.63) is 116 Å². The predicted octanol–water partition coefficient (Wildman–Crippen LogP) is 8.23. The largest absolute Gasteiger partial charge is 0.506 e. The van der Waals surface area contributed by atoms with Crippen LogP contribution in [0.5, 0.6) is 11.5 Å². The lowest BCUT2D eigenvalue weighted by Crippen LogP contribution is -2.12. The monoisotopic (exact) mass is 663 g/mol. The maximum absolute atomic E-state index is 12.7. The highest BCUT2D eigenvalue weighted by Gasteiger charge is 2.33. The van der Waals surface area contributed by atoms with E-state index in [9.17, 15) is 9.90 Å². The number of benzene rings is 4. The van der Waals surface area contributed by atoms with Gasteiger partial charge in [-0.2, -0.15) is 0 Å². The normalized spacial score (nSPS) is 15.2. The summed E-state index contributed by atoms with van der Waals surface area (Å²) in [6, 6.07) is 27.4. The van der Waals surface area contributed by atoms with Crippen molar-refractivity contribution in [1.82, 2.24) is 0 Å². The standard InChI is InChI=1S/C32H26INO5S/c1-3-38-32(36)28-29(35)27(40-31(28)34-23-13-5-4-6-14-23)18-20-16-25(33)30(26(17-20)37-2)39-19-22-12-9-11-21-10-7-8-15-24(21)22/h4-18,35H,3,19H2,1-2H3/b27-18-,34-31?. The third kappa shape index (κ3) is 6.03. The first-order valence-corrected chi connectivity index (χ1v) is 14.5. The van der Waals surface area contributed by atoms with Gasteiger partial charge in [0, 0.05) is 0 Å². The summed E-state index contributed by atoms with van der Waals surface area (Å²) in [5.41, 5.74) is 2.58. The van der Waals surface area contributed by atoms with E-state index in [1.165, 1.54) is 11.8 Å². The summed E-state index contributed by atoms with van der Waals surface area (Å²) in [7, 11) is 1.60. The van der Waals surface area contributed by atoms with Gasteiger partial charge < -0.3 is 19.3 Å². The minimum Gasteiger partial charge on any atom is -0.506 e. The summed E-state index contributed by atoms with van der Waals surface area (Å²) in [6.45, 7) is 2.30. The number of hydrogen-bond donors (Lipinski definition) is 1. The quantitative estimate of drug-likeness (QED) is 0.151. The van der Waals surface area contributed by atoms with Gasteiger partial charge in [-0.1, -0.05) is 72.4 Å². The third-order valence-electron chi connectivity index (χ3n) is 6.16. The first-order chi connectivity index (χ1) is 19.5. The molecule has 0 spiro atoms. The van der Waals surface area contributed by atoms with E-state index in [1.54, 1.807) is 20.1 Å². The van der Waals surface area contributed by atoms with Crippen molar-refractivity contribution >= 4 is 67.9 Å². The van der Waals surface area contributed by atoms with E-state index in [0.29, 0.717) is 33.7 Å². The number of ether oxygens (including phenoxy) is 3. The fraction of sp³-hybridized carbons (Fsp3) is 0.125. The van der Waals surface area contributed by atoms with Gasteiger partial charge in [-0.15, -0.1) is 0 Å². The Morgan fingerprint density at radius 2 is 1.77 bits per heavy atom. The topological polar surface area (TPSA) is 77.4 Å². The van der Waals surface area contributed by atoms with Crippen LogP contribution in [0.15, 0.2) is 106 Å². The van der Waals surface area contributed by atoms with Gasteiger partial charge in [0.25, 0.3) is 0 Å². The smallest absolute Gasteiger partial charge is 0.344 e. The van der Waals surface area contributed by atoms with Crippen molar-refractivity contribution in [3.63, 3.8) is 0 Å². The maximum atomic E-state index is 12.7. The molecule has 0 saturated carbocycles. The number of aliphatic hydroxyl groups excluding tert-OH is 1. The molecule has 1 aliphatic rings. The van der Waals surface area contributed by atoms with Crippen LogP contribution in [0.2, 0.25) is 0 Å². The number of aliphatic hydroxyl groups is 1. The molecule has 1 aliphatic heterocycles. The van der Waals surface area contributed by atoms with Gasteiger partial charge in [-0.3, -0.25) is 0 Å². The molecule has 0 fully saturated rings. The van der Waals surface area contributed by atoms with Crippen LogP contribution in [0.4, 0.5) is 5.69 Å². The highest BCUT2D eigenvalue weighted by molar-refractivity contribution is 14.1. The Labute approximate surface area is 250 Å². The molecule has 5 rings (SSSR count).